The Labute approximate surface area is 74.4 Å². The van der Waals surface area contributed by atoms with Gasteiger partial charge in [0, 0.05) is 0 Å². The first-order chi connectivity index (χ1) is 5.61. The van der Waals surface area contributed by atoms with E-state index < -0.39 is 0 Å². The molecule has 0 nitrogen and oxygen atoms in total. The largest absolute Gasteiger partial charge is 0.207 e. The Morgan fingerprint density at radius 3 is 2.00 bits per heavy atom. The molecule has 0 aliphatic carbocycles. The van der Waals surface area contributed by atoms with E-state index in [-0.39, 0.29) is 5.82 Å². The van der Waals surface area contributed by atoms with Crippen LogP contribution in [-0.2, 0) is 0 Å². The number of benzene rings is 1. The molecule has 0 fully saturated rings. The molecule has 0 bridgehead atoms. The second kappa shape index (κ2) is 5.76. The molecule has 0 N–H and O–H groups in total. The molecule has 0 saturated heterocycles. The minimum absolute atomic E-state index is 0.124. The molecule has 1 aromatic rings. The number of hydrogen-bond acceptors (Lipinski definition) is 0. The first kappa shape index (κ1) is 11.2. The van der Waals surface area contributed by atoms with Gasteiger partial charge in [-0.05, 0) is 25.5 Å². The zero-order valence-corrected chi connectivity index (χ0v) is 8.32. The third-order valence-corrected chi connectivity index (χ3v) is 1.31. The van der Waals surface area contributed by atoms with Crippen molar-refractivity contribution in [3.8, 4) is 0 Å². The van der Waals surface area contributed by atoms with E-state index in [2.05, 4.69) is 13.8 Å². The van der Waals surface area contributed by atoms with E-state index in [0.29, 0.717) is 0 Å². The lowest BCUT2D eigenvalue weighted by Crippen LogP contribution is -1.81. The molecule has 1 heteroatoms. The predicted octanol–water partition coefficient (Wildman–Crippen LogP) is 3.86. The van der Waals surface area contributed by atoms with Crippen LogP contribution in [0.5, 0.6) is 0 Å². The SMILES string of the molecule is CCC.Cc1ccc(F)c(C)c1. The monoisotopic (exact) mass is 168 g/mol. The van der Waals surface area contributed by atoms with Crippen molar-refractivity contribution in [2.75, 3.05) is 0 Å². The standard InChI is InChI=1S/C8H9F.C3H8/c1-6-3-4-8(9)7(2)5-6;1-3-2/h3-5H,1-2H3;3H2,1-2H3. The summed E-state index contributed by atoms with van der Waals surface area (Å²) in [7, 11) is 0. The molecule has 12 heavy (non-hydrogen) atoms. The molecule has 0 unspecified atom stereocenters. The number of hydrogen-bond donors (Lipinski definition) is 0. The van der Waals surface area contributed by atoms with Crippen molar-refractivity contribution >= 4 is 0 Å². The summed E-state index contributed by atoms with van der Waals surface area (Å²) in [5, 5.41) is 0. The summed E-state index contributed by atoms with van der Waals surface area (Å²) >= 11 is 0. The van der Waals surface area contributed by atoms with Crippen LogP contribution in [0.2, 0.25) is 0 Å². The first-order valence-electron chi connectivity index (χ1n) is 4.34. The molecule has 0 aromatic heterocycles. The van der Waals surface area contributed by atoms with Crippen LogP contribution in [0.1, 0.15) is 31.4 Å². The fourth-order valence-corrected chi connectivity index (χ4v) is 0.795. The smallest absolute Gasteiger partial charge is 0.126 e. The van der Waals surface area contributed by atoms with Gasteiger partial charge in [-0.3, -0.25) is 0 Å². The zero-order chi connectivity index (χ0) is 9.56. The number of rotatable bonds is 0. The van der Waals surface area contributed by atoms with Gasteiger partial charge >= 0.3 is 0 Å². The highest BCUT2D eigenvalue weighted by molar-refractivity contribution is 5.22. The van der Waals surface area contributed by atoms with Crippen molar-refractivity contribution in [1.82, 2.24) is 0 Å². The van der Waals surface area contributed by atoms with Crippen LogP contribution in [0.3, 0.4) is 0 Å². The molecule has 0 radical (unpaired) electrons. The molecule has 0 aliphatic heterocycles. The molecular weight excluding hydrogens is 151 g/mol. The highest BCUT2D eigenvalue weighted by atomic mass is 19.1. The van der Waals surface area contributed by atoms with Crippen LogP contribution in [0.25, 0.3) is 0 Å². The van der Waals surface area contributed by atoms with E-state index in [1.54, 1.807) is 13.0 Å². The third kappa shape index (κ3) is 4.12. The molecule has 0 saturated carbocycles. The van der Waals surface area contributed by atoms with Gasteiger partial charge in [-0.25, -0.2) is 4.39 Å². The molecule has 0 heterocycles. The molecule has 0 spiro atoms. The predicted molar refractivity (Wildman–Crippen MR) is 51.8 cm³/mol. The van der Waals surface area contributed by atoms with Gasteiger partial charge in [-0.2, -0.15) is 0 Å². The molecular formula is C11H17F. The van der Waals surface area contributed by atoms with Gasteiger partial charge in [0.05, 0.1) is 0 Å². The minimum atomic E-state index is -0.124. The van der Waals surface area contributed by atoms with Gasteiger partial charge in [0.1, 0.15) is 5.82 Å². The van der Waals surface area contributed by atoms with Crippen molar-refractivity contribution in [1.29, 1.82) is 0 Å². The quantitative estimate of drug-likeness (QED) is 0.552. The van der Waals surface area contributed by atoms with Gasteiger partial charge in [-0.15, -0.1) is 0 Å². The van der Waals surface area contributed by atoms with Gasteiger partial charge in [0.15, 0.2) is 0 Å². The van der Waals surface area contributed by atoms with Crippen molar-refractivity contribution in [2.24, 2.45) is 0 Å². The lowest BCUT2D eigenvalue weighted by molar-refractivity contribution is 0.618. The second-order valence-corrected chi connectivity index (χ2v) is 2.96. The Hall–Kier alpha value is -0.850. The van der Waals surface area contributed by atoms with Crippen molar-refractivity contribution < 1.29 is 4.39 Å². The zero-order valence-electron chi connectivity index (χ0n) is 8.32. The van der Waals surface area contributed by atoms with Crippen LogP contribution in [0.4, 0.5) is 4.39 Å². The topological polar surface area (TPSA) is 0 Å². The molecule has 0 amide bonds. The number of aryl methyl sites for hydroxylation is 2. The van der Waals surface area contributed by atoms with Crippen LogP contribution in [0.15, 0.2) is 18.2 Å². The lowest BCUT2D eigenvalue weighted by atomic mass is 10.1. The van der Waals surface area contributed by atoms with E-state index in [9.17, 15) is 4.39 Å². The summed E-state index contributed by atoms with van der Waals surface area (Å²) in [6.45, 7) is 7.97. The Morgan fingerprint density at radius 1 is 1.17 bits per heavy atom. The Bertz CT molecular complexity index is 228. The summed E-state index contributed by atoms with van der Waals surface area (Å²) in [4.78, 5) is 0. The van der Waals surface area contributed by atoms with Crippen LogP contribution >= 0.6 is 0 Å². The van der Waals surface area contributed by atoms with Crippen LogP contribution in [0, 0.1) is 19.7 Å². The molecule has 1 aromatic carbocycles. The minimum Gasteiger partial charge on any atom is -0.207 e. The average molecular weight is 168 g/mol. The van der Waals surface area contributed by atoms with E-state index in [1.165, 1.54) is 12.5 Å². The van der Waals surface area contributed by atoms with E-state index in [1.807, 2.05) is 13.0 Å². The maximum atomic E-state index is 12.5. The maximum absolute atomic E-state index is 12.5. The Morgan fingerprint density at radius 2 is 1.67 bits per heavy atom. The molecule has 1 rings (SSSR count). The van der Waals surface area contributed by atoms with Crippen molar-refractivity contribution in [3.05, 3.63) is 35.1 Å². The Balaban J connectivity index is 0.000000354. The number of halogens is 1. The van der Waals surface area contributed by atoms with Crippen molar-refractivity contribution in [3.63, 3.8) is 0 Å². The second-order valence-electron chi connectivity index (χ2n) is 2.96. The van der Waals surface area contributed by atoms with E-state index in [0.717, 1.165) is 11.1 Å². The maximum Gasteiger partial charge on any atom is 0.126 e. The third-order valence-electron chi connectivity index (χ3n) is 1.31. The van der Waals surface area contributed by atoms with Crippen LogP contribution < -0.4 is 0 Å². The molecule has 68 valence electrons. The summed E-state index contributed by atoms with van der Waals surface area (Å²) in [5.41, 5.74) is 1.82. The lowest BCUT2D eigenvalue weighted by Gasteiger charge is -1.95. The van der Waals surface area contributed by atoms with E-state index in [4.69, 9.17) is 0 Å². The first-order valence-corrected chi connectivity index (χ1v) is 4.34. The van der Waals surface area contributed by atoms with Crippen molar-refractivity contribution in [2.45, 2.75) is 34.1 Å². The summed E-state index contributed by atoms with van der Waals surface area (Å²) in [5.74, 6) is -0.124. The average Bonchev–Trinajstić information content (AvgIpc) is 1.99. The summed E-state index contributed by atoms with van der Waals surface area (Å²) in [6, 6.07) is 5.09. The normalized spacial score (nSPS) is 8.75. The van der Waals surface area contributed by atoms with Gasteiger partial charge < -0.3 is 0 Å². The molecule has 0 atom stereocenters. The van der Waals surface area contributed by atoms with Gasteiger partial charge in [-0.1, -0.05) is 38.0 Å². The van der Waals surface area contributed by atoms with E-state index >= 15 is 0 Å². The fourth-order valence-electron chi connectivity index (χ4n) is 0.795. The molecule has 0 aliphatic rings. The van der Waals surface area contributed by atoms with Crippen LogP contribution in [-0.4, -0.2) is 0 Å². The van der Waals surface area contributed by atoms with Gasteiger partial charge in [0.25, 0.3) is 0 Å². The highest BCUT2D eigenvalue weighted by Crippen LogP contribution is 2.06. The summed E-state index contributed by atoms with van der Waals surface area (Å²) in [6.07, 6.45) is 1.25. The highest BCUT2D eigenvalue weighted by Gasteiger charge is 1.93. The van der Waals surface area contributed by atoms with Gasteiger partial charge in [0.2, 0.25) is 0 Å². The Kier molecular flexibility index (Phi) is 5.35. The summed E-state index contributed by atoms with van der Waals surface area (Å²) < 4.78 is 12.5. The fraction of sp³-hybridized carbons (Fsp3) is 0.455.